The predicted molar refractivity (Wildman–Crippen MR) is 106 cm³/mol. The maximum absolute atomic E-state index is 2.66. The molecule has 1 aliphatic carbocycles. The summed E-state index contributed by atoms with van der Waals surface area (Å²) in [6, 6.07) is 7.57. The maximum Gasteiger partial charge on any atom is 0.0139 e. The second-order valence-electron chi connectivity index (χ2n) is 6.24. The highest BCUT2D eigenvalue weighted by molar-refractivity contribution is 5.37. The van der Waals surface area contributed by atoms with Crippen LogP contribution in [0, 0.1) is 6.92 Å². The Morgan fingerprint density at radius 2 is 1.65 bits per heavy atom. The van der Waals surface area contributed by atoms with Crippen LogP contribution in [-0.2, 0) is 12.8 Å². The van der Waals surface area contributed by atoms with Crippen molar-refractivity contribution < 1.29 is 0 Å². The van der Waals surface area contributed by atoms with Gasteiger partial charge in [-0.25, -0.2) is 0 Å². The smallest absolute Gasteiger partial charge is 0.0139 e. The van der Waals surface area contributed by atoms with Crippen LogP contribution in [-0.4, -0.2) is 24.0 Å². The summed E-state index contributed by atoms with van der Waals surface area (Å²) in [5, 5.41) is 0. The van der Waals surface area contributed by atoms with Gasteiger partial charge >= 0.3 is 0 Å². The molecule has 0 aromatic heterocycles. The summed E-state index contributed by atoms with van der Waals surface area (Å²) in [7, 11) is 0. The SMILES string of the molecule is CC.CCCC.CCCN(CC)[C@H]1CCc2c(C)cccc2C1. The first kappa shape index (κ1) is 22.2. The van der Waals surface area contributed by atoms with Crippen LogP contribution >= 0.6 is 0 Å². The second-order valence-corrected chi connectivity index (χ2v) is 6.24. The zero-order valence-electron chi connectivity index (χ0n) is 16.9. The molecule has 0 heterocycles. The Morgan fingerprint density at radius 1 is 1.00 bits per heavy atom. The predicted octanol–water partition coefficient (Wildman–Crippen LogP) is 6.42. The van der Waals surface area contributed by atoms with Crippen molar-refractivity contribution in [2.75, 3.05) is 13.1 Å². The molecule has 0 unspecified atom stereocenters. The lowest BCUT2D eigenvalue weighted by atomic mass is 9.85. The number of benzene rings is 1. The van der Waals surface area contributed by atoms with Crippen molar-refractivity contribution in [3.8, 4) is 0 Å². The summed E-state index contributed by atoms with van der Waals surface area (Å²) < 4.78 is 0. The first-order valence-electron chi connectivity index (χ1n) is 9.99. The van der Waals surface area contributed by atoms with Gasteiger partial charge in [-0.3, -0.25) is 0 Å². The fraction of sp³-hybridized carbons (Fsp3) is 0.727. The van der Waals surface area contributed by atoms with Gasteiger partial charge < -0.3 is 4.90 Å². The van der Waals surface area contributed by atoms with E-state index in [1.165, 1.54) is 57.2 Å². The molecule has 0 saturated heterocycles. The largest absolute Gasteiger partial charge is 0.300 e. The molecule has 1 atom stereocenters. The molecular formula is C22H41N. The van der Waals surface area contributed by atoms with Crippen LogP contribution in [0.4, 0.5) is 0 Å². The Morgan fingerprint density at radius 3 is 2.17 bits per heavy atom. The molecule has 0 spiro atoms. The average molecular weight is 320 g/mol. The minimum Gasteiger partial charge on any atom is -0.300 e. The Labute approximate surface area is 146 Å². The van der Waals surface area contributed by atoms with Gasteiger partial charge in [0.15, 0.2) is 0 Å². The van der Waals surface area contributed by atoms with E-state index in [0.717, 1.165) is 6.04 Å². The molecule has 1 aliphatic rings. The van der Waals surface area contributed by atoms with E-state index in [1.54, 1.807) is 11.1 Å². The van der Waals surface area contributed by atoms with Crippen molar-refractivity contribution in [2.24, 2.45) is 0 Å². The summed E-state index contributed by atoms with van der Waals surface area (Å²) in [6.45, 7) is 17.6. The number of aryl methyl sites for hydroxylation is 1. The number of hydrogen-bond donors (Lipinski definition) is 0. The number of likely N-dealkylation sites (N-methyl/N-ethyl adjacent to an activating group) is 1. The van der Waals surface area contributed by atoms with Gasteiger partial charge in [-0.05, 0) is 62.4 Å². The van der Waals surface area contributed by atoms with Crippen LogP contribution in [0.3, 0.4) is 0 Å². The first-order valence-corrected chi connectivity index (χ1v) is 9.99. The van der Waals surface area contributed by atoms with Gasteiger partial charge in [-0.2, -0.15) is 0 Å². The van der Waals surface area contributed by atoms with Crippen molar-refractivity contribution in [1.82, 2.24) is 4.90 Å². The molecule has 0 amide bonds. The van der Waals surface area contributed by atoms with Crippen molar-refractivity contribution in [3.63, 3.8) is 0 Å². The molecule has 1 aromatic carbocycles. The van der Waals surface area contributed by atoms with Gasteiger partial charge in [0.2, 0.25) is 0 Å². The maximum atomic E-state index is 2.66. The molecule has 0 fully saturated rings. The Hall–Kier alpha value is -0.820. The minimum absolute atomic E-state index is 0.772. The lowest BCUT2D eigenvalue weighted by Crippen LogP contribution is -2.39. The lowest BCUT2D eigenvalue weighted by Gasteiger charge is -2.34. The number of nitrogens with zero attached hydrogens (tertiary/aromatic N) is 1. The van der Waals surface area contributed by atoms with Gasteiger partial charge in [0.05, 0.1) is 0 Å². The molecule has 0 N–H and O–H groups in total. The van der Waals surface area contributed by atoms with E-state index in [-0.39, 0.29) is 0 Å². The third-order valence-corrected chi connectivity index (χ3v) is 4.62. The van der Waals surface area contributed by atoms with E-state index in [4.69, 9.17) is 0 Å². The second kappa shape index (κ2) is 13.6. The van der Waals surface area contributed by atoms with Crippen LogP contribution in [0.5, 0.6) is 0 Å². The average Bonchev–Trinajstić information content (AvgIpc) is 2.61. The van der Waals surface area contributed by atoms with Crippen LogP contribution in [0.15, 0.2) is 18.2 Å². The highest BCUT2D eigenvalue weighted by Crippen LogP contribution is 2.26. The van der Waals surface area contributed by atoms with Crippen LogP contribution in [0.1, 0.15) is 83.9 Å². The zero-order chi connectivity index (χ0) is 17.7. The summed E-state index contributed by atoms with van der Waals surface area (Å²) >= 11 is 0. The van der Waals surface area contributed by atoms with Gasteiger partial charge in [0, 0.05) is 6.04 Å². The summed E-state index contributed by atoms with van der Waals surface area (Å²) in [5.74, 6) is 0. The Bertz CT molecular complexity index is 395. The fourth-order valence-corrected chi connectivity index (χ4v) is 3.18. The highest BCUT2D eigenvalue weighted by Gasteiger charge is 2.23. The third kappa shape index (κ3) is 7.52. The minimum atomic E-state index is 0.772. The van der Waals surface area contributed by atoms with E-state index in [0.29, 0.717) is 0 Å². The Kier molecular flexibility index (Phi) is 13.1. The van der Waals surface area contributed by atoms with Crippen molar-refractivity contribution >= 4 is 0 Å². The number of unbranched alkanes of at least 4 members (excludes halogenated alkanes) is 1. The molecule has 23 heavy (non-hydrogen) atoms. The molecule has 0 aliphatic heterocycles. The summed E-state index contributed by atoms with van der Waals surface area (Å²) in [4.78, 5) is 2.66. The summed E-state index contributed by atoms with van der Waals surface area (Å²) in [5.41, 5.74) is 4.70. The molecule has 134 valence electrons. The normalized spacial score (nSPS) is 15.9. The molecule has 1 aromatic rings. The quantitative estimate of drug-likeness (QED) is 0.605. The van der Waals surface area contributed by atoms with E-state index in [2.05, 4.69) is 57.7 Å². The van der Waals surface area contributed by atoms with E-state index >= 15 is 0 Å². The first-order chi connectivity index (χ1) is 11.2. The Balaban J connectivity index is 0.000000705. The molecule has 0 saturated carbocycles. The number of fused-ring (bicyclic) bond motifs is 1. The van der Waals surface area contributed by atoms with E-state index in [1.807, 2.05) is 13.8 Å². The molecule has 0 bridgehead atoms. The van der Waals surface area contributed by atoms with Crippen LogP contribution in [0.25, 0.3) is 0 Å². The fourth-order valence-electron chi connectivity index (χ4n) is 3.18. The summed E-state index contributed by atoms with van der Waals surface area (Å²) in [6.07, 6.45) is 7.77. The van der Waals surface area contributed by atoms with Crippen molar-refractivity contribution in [2.45, 2.75) is 93.0 Å². The molecule has 1 nitrogen and oxygen atoms in total. The topological polar surface area (TPSA) is 3.24 Å². The van der Waals surface area contributed by atoms with Gasteiger partial charge in [0.1, 0.15) is 0 Å². The van der Waals surface area contributed by atoms with Gasteiger partial charge in [-0.15, -0.1) is 0 Å². The van der Waals surface area contributed by atoms with Crippen molar-refractivity contribution in [1.29, 1.82) is 0 Å². The lowest BCUT2D eigenvalue weighted by molar-refractivity contribution is 0.189. The number of rotatable bonds is 5. The van der Waals surface area contributed by atoms with E-state index < -0.39 is 0 Å². The molecular weight excluding hydrogens is 278 g/mol. The molecule has 0 radical (unpaired) electrons. The van der Waals surface area contributed by atoms with Gasteiger partial charge in [0.25, 0.3) is 0 Å². The van der Waals surface area contributed by atoms with Crippen molar-refractivity contribution in [3.05, 3.63) is 34.9 Å². The van der Waals surface area contributed by atoms with Crippen LogP contribution in [0.2, 0.25) is 0 Å². The van der Waals surface area contributed by atoms with Gasteiger partial charge in [-0.1, -0.05) is 72.6 Å². The third-order valence-electron chi connectivity index (χ3n) is 4.62. The molecule has 2 rings (SSSR count). The zero-order valence-corrected chi connectivity index (χ0v) is 16.9. The number of hydrogen-bond acceptors (Lipinski definition) is 1. The standard InChI is InChI=1S/C16H25N.C4H10.C2H6/c1-4-11-17(5-2)15-9-10-16-13(3)7-6-8-14(16)12-15;1-3-4-2;1-2/h6-8,15H,4-5,9-12H2,1-3H3;3-4H2,1-2H3;1-2H3/t15-;;/m0../s1. The monoisotopic (exact) mass is 319 g/mol. The molecule has 1 heteroatoms. The highest BCUT2D eigenvalue weighted by atomic mass is 15.1. The van der Waals surface area contributed by atoms with Crippen LogP contribution < -0.4 is 0 Å². The van der Waals surface area contributed by atoms with E-state index in [9.17, 15) is 0 Å².